The van der Waals surface area contributed by atoms with Crippen LogP contribution in [0.1, 0.15) is 71.6 Å². The van der Waals surface area contributed by atoms with Crippen molar-refractivity contribution >= 4 is 11.1 Å². The Bertz CT molecular complexity index is 662. The van der Waals surface area contributed by atoms with Crippen LogP contribution in [0.5, 0.6) is 0 Å². The van der Waals surface area contributed by atoms with Gasteiger partial charge in [0.2, 0.25) is 5.71 Å². The summed E-state index contributed by atoms with van der Waals surface area (Å²) in [7, 11) is 0. The molecular weight excluding hydrogens is 316 g/mol. The first-order valence-electron chi connectivity index (χ1n) is 9.80. The molecule has 1 atom stereocenters. The third-order valence-electron chi connectivity index (χ3n) is 4.55. The summed E-state index contributed by atoms with van der Waals surface area (Å²) in [6.45, 7) is 6.04. The van der Waals surface area contributed by atoms with Crippen molar-refractivity contribution in [2.45, 2.75) is 84.3 Å². The fraction of sp³-hybridized carbons (Fsp3) is 0.700. The Kier molecular flexibility index (Phi) is 8.73. The standard InChI is InChI=1S/C20H32N2O3/c1-3-5-9-14-24-18(10-4-2)11-7-6-8-13-22-16-17-12-15-25-19(17)21-20(22)23/h12,15-16,18H,3-11,13-14H2,1-2H3. The maximum absolute atomic E-state index is 11.9. The molecule has 140 valence electrons. The zero-order valence-electron chi connectivity index (χ0n) is 15.7. The summed E-state index contributed by atoms with van der Waals surface area (Å²) >= 11 is 0. The van der Waals surface area contributed by atoms with Crippen molar-refractivity contribution in [2.24, 2.45) is 0 Å². The SMILES string of the molecule is CCCCCOC(CCC)CCCCCn1cc2ccoc2nc1=O. The third-order valence-corrected chi connectivity index (χ3v) is 4.55. The zero-order chi connectivity index (χ0) is 17.9. The molecule has 5 nitrogen and oxygen atoms in total. The van der Waals surface area contributed by atoms with E-state index in [4.69, 9.17) is 9.15 Å². The number of hydrogen-bond donors (Lipinski definition) is 0. The van der Waals surface area contributed by atoms with Crippen molar-refractivity contribution in [2.75, 3.05) is 6.61 Å². The second-order valence-electron chi connectivity index (χ2n) is 6.74. The number of ether oxygens (including phenoxy) is 1. The van der Waals surface area contributed by atoms with Crippen LogP contribution in [0.15, 0.2) is 27.7 Å². The summed E-state index contributed by atoms with van der Waals surface area (Å²) in [5.74, 6) is 0. The predicted octanol–water partition coefficient (Wildman–Crippen LogP) is 4.93. The number of aryl methyl sites for hydroxylation is 1. The lowest BCUT2D eigenvalue weighted by Crippen LogP contribution is -2.22. The van der Waals surface area contributed by atoms with Crippen molar-refractivity contribution in [1.29, 1.82) is 0 Å². The van der Waals surface area contributed by atoms with E-state index in [1.807, 2.05) is 12.3 Å². The maximum Gasteiger partial charge on any atom is 0.350 e. The Morgan fingerprint density at radius 2 is 2.00 bits per heavy atom. The summed E-state index contributed by atoms with van der Waals surface area (Å²) in [6.07, 6.45) is 14.1. The minimum absolute atomic E-state index is 0.231. The van der Waals surface area contributed by atoms with E-state index in [9.17, 15) is 4.79 Å². The van der Waals surface area contributed by atoms with Gasteiger partial charge in [-0.2, -0.15) is 4.98 Å². The van der Waals surface area contributed by atoms with E-state index in [0.717, 1.165) is 44.1 Å². The van der Waals surface area contributed by atoms with E-state index < -0.39 is 0 Å². The molecule has 5 heteroatoms. The number of rotatable bonds is 13. The highest BCUT2D eigenvalue weighted by Gasteiger charge is 2.08. The molecule has 0 amide bonds. The molecule has 2 aromatic rings. The van der Waals surface area contributed by atoms with E-state index in [1.54, 1.807) is 10.8 Å². The maximum atomic E-state index is 11.9. The first kappa shape index (κ1) is 19.7. The van der Waals surface area contributed by atoms with Crippen LogP contribution in [-0.4, -0.2) is 22.3 Å². The number of fused-ring (bicyclic) bond motifs is 1. The molecular formula is C20H32N2O3. The molecule has 0 bridgehead atoms. The van der Waals surface area contributed by atoms with Gasteiger partial charge in [0.05, 0.1) is 17.8 Å². The van der Waals surface area contributed by atoms with Crippen LogP contribution in [0, 0.1) is 0 Å². The Morgan fingerprint density at radius 1 is 1.12 bits per heavy atom. The fourth-order valence-electron chi connectivity index (χ4n) is 3.10. The zero-order valence-corrected chi connectivity index (χ0v) is 15.7. The largest absolute Gasteiger partial charge is 0.446 e. The molecule has 0 aliphatic carbocycles. The molecule has 1 unspecified atom stereocenters. The summed E-state index contributed by atoms with van der Waals surface area (Å²) in [4.78, 5) is 15.9. The molecule has 0 N–H and O–H groups in total. The van der Waals surface area contributed by atoms with Crippen molar-refractivity contribution in [3.8, 4) is 0 Å². The van der Waals surface area contributed by atoms with Gasteiger partial charge in [0.1, 0.15) is 0 Å². The van der Waals surface area contributed by atoms with Crippen molar-refractivity contribution in [3.05, 3.63) is 29.0 Å². The minimum atomic E-state index is -0.231. The second kappa shape index (κ2) is 11.1. The van der Waals surface area contributed by atoms with Gasteiger partial charge < -0.3 is 9.15 Å². The van der Waals surface area contributed by atoms with E-state index in [2.05, 4.69) is 18.8 Å². The number of furan rings is 1. The normalized spacial score (nSPS) is 12.7. The number of hydrogen-bond acceptors (Lipinski definition) is 4. The predicted molar refractivity (Wildman–Crippen MR) is 101 cm³/mol. The number of aromatic nitrogens is 2. The minimum Gasteiger partial charge on any atom is -0.446 e. The van der Waals surface area contributed by atoms with Gasteiger partial charge in [-0.1, -0.05) is 46.0 Å². The lowest BCUT2D eigenvalue weighted by Gasteiger charge is -2.17. The van der Waals surface area contributed by atoms with Gasteiger partial charge in [-0.05, 0) is 31.7 Å². The highest BCUT2D eigenvalue weighted by atomic mass is 16.5. The highest BCUT2D eigenvalue weighted by Crippen LogP contribution is 2.14. The van der Waals surface area contributed by atoms with E-state index in [1.165, 1.54) is 25.7 Å². The molecule has 2 heterocycles. The average molecular weight is 348 g/mol. The Hall–Kier alpha value is -1.62. The molecule has 2 aromatic heterocycles. The summed E-state index contributed by atoms with van der Waals surface area (Å²) < 4.78 is 12.9. The van der Waals surface area contributed by atoms with Crippen LogP contribution in [0.4, 0.5) is 0 Å². The average Bonchev–Trinajstić information content (AvgIpc) is 3.05. The van der Waals surface area contributed by atoms with Gasteiger partial charge in [-0.15, -0.1) is 0 Å². The quantitative estimate of drug-likeness (QED) is 0.482. The van der Waals surface area contributed by atoms with Gasteiger partial charge in [0.25, 0.3) is 0 Å². The van der Waals surface area contributed by atoms with Crippen LogP contribution < -0.4 is 5.69 Å². The summed E-state index contributed by atoms with van der Waals surface area (Å²) in [6, 6.07) is 1.84. The molecule has 0 saturated heterocycles. The smallest absolute Gasteiger partial charge is 0.350 e. The molecule has 0 fully saturated rings. The first-order chi connectivity index (χ1) is 12.2. The summed E-state index contributed by atoms with van der Waals surface area (Å²) in [5, 5.41) is 0.878. The molecule has 2 rings (SSSR count). The molecule has 0 aliphatic heterocycles. The number of nitrogens with zero attached hydrogens (tertiary/aromatic N) is 2. The Morgan fingerprint density at radius 3 is 2.80 bits per heavy atom. The van der Waals surface area contributed by atoms with Crippen molar-refractivity contribution in [1.82, 2.24) is 9.55 Å². The summed E-state index contributed by atoms with van der Waals surface area (Å²) in [5.41, 5.74) is 0.189. The Balaban J connectivity index is 1.68. The lowest BCUT2D eigenvalue weighted by molar-refractivity contribution is 0.0371. The first-order valence-corrected chi connectivity index (χ1v) is 9.80. The molecule has 0 radical (unpaired) electrons. The molecule has 0 aliphatic rings. The van der Waals surface area contributed by atoms with Gasteiger partial charge in [0.15, 0.2) is 0 Å². The van der Waals surface area contributed by atoms with Crippen LogP contribution in [0.3, 0.4) is 0 Å². The van der Waals surface area contributed by atoms with E-state index in [0.29, 0.717) is 18.4 Å². The van der Waals surface area contributed by atoms with Crippen molar-refractivity contribution in [3.63, 3.8) is 0 Å². The van der Waals surface area contributed by atoms with Gasteiger partial charge in [0, 0.05) is 19.3 Å². The van der Waals surface area contributed by atoms with E-state index in [-0.39, 0.29) is 5.69 Å². The van der Waals surface area contributed by atoms with Gasteiger partial charge >= 0.3 is 5.69 Å². The highest BCUT2D eigenvalue weighted by molar-refractivity contribution is 5.71. The topological polar surface area (TPSA) is 57.3 Å². The number of unbranched alkanes of at least 4 members (excludes halogenated alkanes) is 4. The van der Waals surface area contributed by atoms with Crippen LogP contribution >= 0.6 is 0 Å². The van der Waals surface area contributed by atoms with Crippen molar-refractivity contribution < 1.29 is 9.15 Å². The molecule has 0 spiro atoms. The molecule has 0 saturated carbocycles. The fourth-order valence-corrected chi connectivity index (χ4v) is 3.10. The Labute approximate surface area is 150 Å². The monoisotopic (exact) mass is 348 g/mol. The third kappa shape index (κ3) is 6.65. The van der Waals surface area contributed by atoms with E-state index >= 15 is 0 Å². The lowest BCUT2D eigenvalue weighted by atomic mass is 10.1. The van der Waals surface area contributed by atoms with Crippen LogP contribution in [0.25, 0.3) is 11.1 Å². The van der Waals surface area contributed by atoms with Gasteiger partial charge in [-0.25, -0.2) is 4.79 Å². The van der Waals surface area contributed by atoms with Crippen LogP contribution in [0.2, 0.25) is 0 Å². The van der Waals surface area contributed by atoms with Crippen LogP contribution in [-0.2, 0) is 11.3 Å². The molecule has 0 aromatic carbocycles. The second-order valence-corrected chi connectivity index (χ2v) is 6.74. The molecule has 25 heavy (non-hydrogen) atoms. The van der Waals surface area contributed by atoms with Gasteiger partial charge in [-0.3, -0.25) is 4.57 Å².